The van der Waals surface area contributed by atoms with E-state index in [0.717, 1.165) is 11.4 Å². The molecule has 2 aromatic heterocycles. The summed E-state index contributed by atoms with van der Waals surface area (Å²) < 4.78 is 10.1. The Labute approximate surface area is 130 Å². The van der Waals surface area contributed by atoms with Gasteiger partial charge in [-0.1, -0.05) is 6.07 Å². The number of anilines is 1. The van der Waals surface area contributed by atoms with E-state index in [0.29, 0.717) is 12.3 Å². The van der Waals surface area contributed by atoms with Crippen molar-refractivity contribution in [3.05, 3.63) is 47.5 Å². The zero-order chi connectivity index (χ0) is 16.1. The first-order valence-electron chi connectivity index (χ1n) is 7.05. The molecule has 0 aliphatic rings. The second-order valence-corrected chi connectivity index (χ2v) is 5.22. The van der Waals surface area contributed by atoms with Crippen LogP contribution >= 0.6 is 0 Å². The lowest BCUT2D eigenvalue weighted by Gasteiger charge is -2.13. The number of carbonyl (C=O) groups excluding carboxylic acids is 1. The smallest absolute Gasteiger partial charge is 0.373 e. The lowest BCUT2D eigenvalue weighted by molar-refractivity contribution is 0.0562. The summed E-state index contributed by atoms with van der Waals surface area (Å²) in [6.45, 7) is 2.64. The number of nitrogens with one attached hydrogen (secondary N) is 1. The highest BCUT2D eigenvalue weighted by Crippen LogP contribution is 2.17. The number of aromatic nitrogens is 1. The van der Waals surface area contributed by atoms with Gasteiger partial charge in [0.15, 0.2) is 0 Å². The van der Waals surface area contributed by atoms with Crippen molar-refractivity contribution in [2.24, 2.45) is 0 Å². The van der Waals surface area contributed by atoms with Crippen LogP contribution in [-0.4, -0.2) is 32.2 Å². The predicted molar refractivity (Wildman–Crippen MR) is 83.9 cm³/mol. The Bertz CT molecular complexity index is 620. The van der Waals surface area contributed by atoms with Crippen molar-refractivity contribution in [3.63, 3.8) is 0 Å². The van der Waals surface area contributed by atoms with Crippen LogP contribution in [-0.2, 0) is 11.3 Å². The number of pyridine rings is 1. The average molecular weight is 303 g/mol. The van der Waals surface area contributed by atoms with Crippen molar-refractivity contribution in [2.75, 3.05) is 26.1 Å². The summed E-state index contributed by atoms with van der Waals surface area (Å²) in [5.74, 6) is 1.36. The third-order valence-corrected chi connectivity index (χ3v) is 3.32. The molecular formula is C16H21N3O3. The van der Waals surface area contributed by atoms with Crippen LogP contribution in [0.4, 0.5) is 5.82 Å². The number of methoxy groups -OCH3 is 1. The third-order valence-electron chi connectivity index (χ3n) is 3.32. The zero-order valence-electron chi connectivity index (χ0n) is 13.3. The van der Waals surface area contributed by atoms with E-state index < -0.39 is 5.97 Å². The average Bonchev–Trinajstić information content (AvgIpc) is 3.02. The van der Waals surface area contributed by atoms with Crippen LogP contribution in [0.2, 0.25) is 0 Å². The first-order valence-corrected chi connectivity index (χ1v) is 7.05. The third kappa shape index (κ3) is 3.85. The van der Waals surface area contributed by atoms with Crippen molar-refractivity contribution in [1.29, 1.82) is 0 Å². The van der Waals surface area contributed by atoms with Crippen LogP contribution in [0.5, 0.6) is 0 Å². The van der Waals surface area contributed by atoms with E-state index in [1.54, 1.807) is 12.1 Å². The Balaban J connectivity index is 1.93. The number of ether oxygens (including phenoxy) is 1. The minimum atomic E-state index is -0.470. The lowest BCUT2D eigenvalue weighted by atomic mass is 10.2. The van der Waals surface area contributed by atoms with Crippen LogP contribution in [0, 0.1) is 0 Å². The molecule has 0 aliphatic heterocycles. The summed E-state index contributed by atoms with van der Waals surface area (Å²) in [6, 6.07) is 7.38. The molecule has 1 N–H and O–H groups in total. The summed E-state index contributed by atoms with van der Waals surface area (Å²) in [5.41, 5.74) is 1.08. The van der Waals surface area contributed by atoms with Crippen LogP contribution in [0.3, 0.4) is 0 Å². The fourth-order valence-electron chi connectivity index (χ4n) is 1.95. The maximum atomic E-state index is 11.4. The van der Waals surface area contributed by atoms with Crippen molar-refractivity contribution < 1.29 is 13.9 Å². The molecule has 2 aromatic rings. The van der Waals surface area contributed by atoms with Crippen molar-refractivity contribution in [2.45, 2.75) is 19.5 Å². The molecule has 0 saturated heterocycles. The van der Waals surface area contributed by atoms with Gasteiger partial charge in [-0.05, 0) is 30.7 Å². The standard InChI is InChI=1S/C16H21N3O3/c1-11(13-6-7-14(22-13)16(20)21-4)17-9-12-5-8-15(18-10-12)19(2)3/h5-8,10-11,17H,9H2,1-4H3. The van der Waals surface area contributed by atoms with Gasteiger partial charge in [0.1, 0.15) is 11.6 Å². The molecular weight excluding hydrogens is 282 g/mol. The van der Waals surface area contributed by atoms with Gasteiger partial charge in [-0.2, -0.15) is 0 Å². The van der Waals surface area contributed by atoms with E-state index in [4.69, 9.17) is 4.42 Å². The Morgan fingerprint density at radius 1 is 1.36 bits per heavy atom. The monoisotopic (exact) mass is 303 g/mol. The van der Waals surface area contributed by atoms with Crippen LogP contribution < -0.4 is 10.2 Å². The molecule has 22 heavy (non-hydrogen) atoms. The quantitative estimate of drug-likeness (QED) is 0.826. The molecule has 0 fully saturated rings. The molecule has 0 saturated carbocycles. The van der Waals surface area contributed by atoms with Crippen LogP contribution in [0.25, 0.3) is 0 Å². The van der Waals surface area contributed by atoms with Gasteiger partial charge in [-0.3, -0.25) is 0 Å². The van der Waals surface area contributed by atoms with E-state index in [1.165, 1.54) is 7.11 Å². The molecule has 1 atom stereocenters. The highest BCUT2D eigenvalue weighted by Gasteiger charge is 2.15. The van der Waals surface area contributed by atoms with Gasteiger partial charge in [0, 0.05) is 26.8 Å². The van der Waals surface area contributed by atoms with Crippen molar-refractivity contribution in [3.8, 4) is 0 Å². The fraction of sp³-hybridized carbons (Fsp3) is 0.375. The van der Waals surface area contributed by atoms with Gasteiger partial charge in [-0.15, -0.1) is 0 Å². The molecule has 6 nitrogen and oxygen atoms in total. The van der Waals surface area contributed by atoms with Crippen LogP contribution in [0.1, 0.15) is 34.8 Å². The van der Waals surface area contributed by atoms with Gasteiger partial charge >= 0.3 is 5.97 Å². The van der Waals surface area contributed by atoms with E-state index in [9.17, 15) is 4.79 Å². The second-order valence-electron chi connectivity index (χ2n) is 5.22. The molecule has 2 rings (SSSR count). The van der Waals surface area contributed by atoms with E-state index in [1.807, 2.05) is 44.2 Å². The van der Waals surface area contributed by atoms with Gasteiger partial charge in [-0.25, -0.2) is 9.78 Å². The second kappa shape index (κ2) is 7.09. The topological polar surface area (TPSA) is 67.6 Å². The van der Waals surface area contributed by atoms with Crippen molar-refractivity contribution >= 4 is 11.8 Å². The van der Waals surface area contributed by atoms with E-state index in [-0.39, 0.29) is 11.8 Å². The van der Waals surface area contributed by atoms with Crippen molar-refractivity contribution in [1.82, 2.24) is 10.3 Å². The number of nitrogens with zero attached hydrogens (tertiary/aromatic N) is 2. The number of esters is 1. The first kappa shape index (κ1) is 16.0. The number of furan rings is 1. The minimum absolute atomic E-state index is 0.0214. The molecule has 0 bridgehead atoms. The Hall–Kier alpha value is -2.34. The van der Waals surface area contributed by atoms with Crippen LogP contribution in [0.15, 0.2) is 34.9 Å². The van der Waals surface area contributed by atoms with Gasteiger partial charge in [0.25, 0.3) is 0 Å². The maximum Gasteiger partial charge on any atom is 0.373 e. The largest absolute Gasteiger partial charge is 0.463 e. The molecule has 0 aliphatic carbocycles. The molecule has 1 unspecified atom stereocenters. The number of hydrogen-bond acceptors (Lipinski definition) is 6. The highest BCUT2D eigenvalue weighted by molar-refractivity contribution is 5.86. The normalized spacial score (nSPS) is 12.0. The van der Waals surface area contributed by atoms with Gasteiger partial charge in [0.05, 0.1) is 13.2 Å². The fourth-order valence-corrected chi connectivity index (χ4v) is 1.95. The molecule has 6 heteroatoms. The number of carbonyl (C=O) groups is 1. The summed E-state index contributed by atoms with van der Waals surface area (Å²) in [5, 5.41) is 3.33. The molecule has 0 radical (unpaired) electrons. The zero-order valence-corrected chi connectivity index (χ0v) is 13.3. The van der Waals surface area contributed by atoms with Gasteiger partial charge < -0.3 is 19.4 Å². The SMILES string of the molecule is COC(=O)c1ccc(C(C)NCc2ccc(N(C)C)nc2)o1. The number of rotatable bonds is 6. The van der Waals surface area contributed by atoms with E-state index in [2.05, 4.69) is 15.0 Å². The Kier molecular flexibility index (Phi) is 5.16. The summed E-state index contributed by atoms with van der Waals surface area (Å²) in [4.78, 5) is 17.7. The molecule has 0 aromatic carbocycles. The summed E-state index contributed by atoms with van der Waals surface area (Å²) >= 11 is 0. The first-order chi connectivity index (χ1) is 10.5. The number of hydrogen-bond donors (Lipinski definition) is 1. The van der Waals surface area contributed by atoms with E-state index >= 15 is 0 Å². The summed E-state index contributed by atoms with van der Waals surface area (Å²) in [7, 11) is 5.24. The molecule has 0 spiro atoms. The molecule has 2 heterocycles. The minimum Gasteiger partial charge on any atom is -0.463 e. The predicted octanol–water partition coefficient (Wildman–Crippen LogP) is 2.38. The Morgan fingerprint density at radius 3 is 2.73 bits per heavy atom. The highest BCUT2D eigenvalue weighted by atomic mass is 16.5. The maximum absolute atomic E-state index is 11.4. The van der Waals surface area contributed by atoms with Gasteiger partial charge in [0.2, 0.25) is 5.76 Å². The molecule has 118 valence electrons. The molecule has 0 amide bonds. The Morgan fingerprint density at radius 2 is 2.14 bits per heavy atom. The lowest BCUT2D eigenvalue weighted by Crippen LogP contribution is -2.18. The summed E-state index contributed by atoms with van der Waals surface area (Å²) in [6.07, 6.45) is 1.84.